The quantitative estimate of drug-likeness (QED) is 0.652. The average molecular weight is 177 g/mol. The Morgan fingerprint density at radius 1 is 1.38 bits per heavy atom. The number of benzene rings is 1. The molecule has 1 aromatic carbocycles. The van der Waals surface area contributed by atoms with Crippen LogP contribution in [0.1, 0.15) is 0 Å². The van der Waals surface area contributed by atoms with Gasteiger partial charge in [-0.15, -0.1) is 0 Å². The second-order valence-electron chi connectivity index (χ2n) is 2.68. The van der Waals surface area contributed by atoms with E-state index in [4.69, 9.17) is 5.73 Å². The van der Waals surface area contributed by atoms with Crippen LogP contribution in [0, 0.1) is 5.82 Å². The van der Waals surface area contributed by atoms with Gasteiger partial charge in [0.15, 0.2) is 0 Å². The Morgan fingerprint density at radius 2 is 2.23 bits per heavy atom. The Balaban J connectivity index is 2.57. The molecule has 66 valence electrons. The lowest BCUT2D eigenvalue weighted by molar-refractivity contribution is 0.630. The topological polar surface area (TPSA) is 54.7 Å². The summed E-state index contributed by atoms with van der Waals surface area (Å²) in [7, 11) is 0. The van der Waals surface area contributed by atoms with Gasteiger partial charge in [0.2, 0.25) is 0 Å². The zero-order chi connectivity index (χ0) is 9.26. The molecule has 3 nitrogen and oxygen atoms in total. The summed E-state index contributed by atoms with van der Waals surface area (Å²) in [6.45, 7) is 0. The van der Waals surface area contributed by atoms with E-state index in [1.54, 1.807) is 18.5 Å². The van der Waals surface area contributed by atoms with E-state index in [9.17, 15) is 4.39 Å². The Kier molecular flexibility index (Phi) is 1.73. The van der Waals surface area contributed by atoms with Gasteiger partial charge in [0.1, 0.15) is 11.6 Å². The molecule has 0 spiro atoms. The highest BCUT2D eigenvalue weighted by Gasteiger charge is 2.06. The third-order valence-corrected chi connectivity index (χ3v) is 1.74. The van der Waals surface area contributed by atoms with Crippen LogP contribution in [-0.2, 0) is 0 Å². The minimum Gasteiger partial charge on any atom is -0.399 e. The number of rotatable bonds is 1. The van der Waals surface area contributed by atoms with E-state index in [0.717, 1.165) is 0 Å². The number of halogens is 1. The Labute approximate surface area is 74.4 Å². The molecule has 1 aromatic heterocycles. The van der Waals surface area contributed by atoms with Crippen LogP contribution in [-0.4, -0.2) is 9.97 Å². The highest BCUT2D eigenvalue weighted by atomic mass is 19.1. The third kappa shape index (κ3) is 1.38. The van der Waals surface area contributed by atoms with Gasteiger partial charge in [0.25, 0.3) is 0 Å². The molecule has 0 atom stereocenters. The lowest BCUT2D eigenvalue weighted by atomic mass is 10.2. The van der Waals surface area contributed by atoms with Crippen molar-refractivity contribution in [3.05, 3.63) is 36.4 Å². The molecule has 0 radical (unpaired) electrons. The minimum atomic E-state index is -0.329. The standard InChI is InChI=1S/C9H8FN3/c10-8-2-1-6(11)5-7(8)9-12-3-4-13-9/h1-5H,11H2,(H,12,13). The predicted octanol–water partition coefficient (Wildman–Crippen LogP) is 1.80. The molecule has 2 rings (SSSR count). The molecule has 0 aliphatic heterocycles. The fourth-order valence-corrected chi connectivity index (χ4v) is 1.14. The van der Waals surface area contributed by atoms with Crippen molar-refractivity contribution in [2.24, 2.45) is 0 Å². The molecule has 0 fully saturated rings. The first-order chi connectivity index (χ1) is 6.27. The number of nitrogens with two attached hydrogens (primary N) is 1. The molecule has 0 unspecified atom stereocenters. The summed E-state index contributed by atoms with van der Waals surface area (Å²) in [5.41, 5.74) is 6.44. The minimum absolute atomic E-state index is 0.329. The summed E-state index contributed by atoms with van der Waals surface area (Å²) < 4.78 is 13.2. The number of nitrogen functional groups attached to an aromatic ring is 1. The van der Waals surface area contributed by atoms with E-state index in [2.05, 4.69) is 9.97 Å². The number of imidazole rings is 1. The summed E-state index contributed by atoms with van der Waals surface area (Å²) in [6.07, 6.45) is 3.20. The molecule has 0 bridgehead atoms. The fraction of sp³-hybridized carbons (Fsp3) is 0. The summed E-state index contributed by atoms with van der Waals surface area (Å²) >= 11 is 0. The van der Waals surface area contributed by atoms with Crippen LogP contribution in [0.25, 0.3) is 11.4 Å². The summed E-state index contributed by atoms with van der Waals surface area (Å²) in [5, 5.41) is 0. The predicted molar refractivity (Wildman–Crippen MR) is 48.4 cm³/mol. The van der Waals surface area contributed by atoms with E-state index in [-0.39, 0.29) is 5.82 Å². The number of nitrogens with one attached hydrogen (secondary N) is 1. The normalized spacial score (nSPS) is 10.2. The molecular weight excluding hydrogens is 169 g/mol. The van der Waals surface area contributed by atoms with Crippen LogP contribution < -0.4 is 5.73 Å². The van der Waals surface area contributed by atoms with Crippen molar-refractivity contribution in [1.82, 2.24) is 9.97 Å². The summed E-state index contributed by atoms with van der Waals surface area (Å²) in [4.78, 5) is 6.75. The van der Waals surface area contributed by atoms with Gasteiger partial charge in [-0.05, 0) is 18.2 Å². The van der Waals surface area contributed by atoms with E-state index in [1.165, 1.54) is 12.1 Å². The Hall–Kier alpha value is -1.84. The van der Waals surface area contributed by atoms with Gasteiger partial charge in [0, 0.05) is 18.1 Å². The number of aromatic nitrogens is 2. The molecule has 0 saturated carbocycles. The first-order valence-electron chi connectivity index (χ1n) is 3.82. The maximum absolute atomic E-state index is 13.2. The number of hydrogen-bond donors (Lipinski definition) is 2. The molecule has 1 heterocycles. The van der Waals surface area contributed by atoms with Gasteiger partial charge in [-0.1, -0.05) is 0 Å². The number of aromatic amines is 1. The van der Waals surface area contributed by atoms with Crippen LogP contribution in [0.3, 0.4) is 0 Å². The zero-order valence-corrected chi connectivity index (χ0v) is 6.79. The van der Waals surface area contributed by atoms with Gasteiger partial charge in [-0.3, -0.25) is 0 Å². The lowest BCUT2D eigenvalue weighted by Crippen LogP contribution is -1.90. The lowest BCUT2D eigenvalue weighted by Gasteiger charge is -2.00. The van der Waals surface area contributed by atoms with Gasteiger partial charge < -0.3 is 10.7 Å². The van der Waals surface area contributed by atoms with Gasteiger partial charge in [0.05, 0.1) is 5.56 Å². The Morgan fingerprint density at radius 3 is 2.92 bits per heavy atom. The number of nitrogens with zero attached hydrogens (tertiary/aromatic N) is 1. The van der Waals surface area contributed by atoms with Crippen molar-refractivity contribution in [3.63, 3.8) is 0 Å². The molecule has 0 saturated heterocycles. The van der Waals surface area contributed by atoms with E-state index in [1.807, 2.05) is 0 Å². The maximum Gasteiger partial charge on any atom is 0.140 e. The molecular formula is C9H8FN3. The van der Waals surface area contributed by atoms with Crippen LogP contribution in [0.15, 0.2) is 30.6 Å². The second kappa shape index (κ2) is 2.90. The average Bonchev–Trinajstić information content (AvgIpc) is 2.61. The van der Waals surface area contributed by atoms with Crippen molar-refractivity contribution in [1.29, 1.82) is 0 Å². The SMILES string of the molecule is Nc1ccc(F)c(-c2ncc[nH]2)c1. The van der Waals surface area contributed by atoms with Crippen LogP contribution in [0.4, 0.5) is 10.1 Å². The number of H-pyrrole nitrogens is 1. The van der Waals surface area contributed by atoms with Crippen molar-refractivity contribution in [3.8, 4) is 11.4 Å². The third-order valence-electron chi connectivity index (χ3n) is 1.74. The first-order valence-corrected chi connectivity index (χ1v) is 3.82. The first kappa shape index (κ1) is 7.79. The molecule has 3 N–H and O–H groups in total. The van der Waals surface area contributed by atoms with Crippen molar-refractivity contribution < 1.29 is 4.39 Å². The molecule has 13 heavy (non-hydrogen) atoms. The van der Waals surface area contributed by atoms with Gasteiger partial charge in [-0.2, -0.15) is 0 Å². The van der Waals surface area contributed by atoms with E-state index >= 15 is 0 Å². The molecule has 0 amide bonds. The monoisotopic (exact) mass is 177 g/mol. The summed E-state index contributed by atoms with van der Waals surface area (Å²) in [6, 6.07) is 4.39. The fourth-order valence-electron chi connectivity index (χ4n) is 1.14. The van der Waals surface area contributed by atoms with Crippen molar-refractivity contribution >= 4 is 5.69 Å². The number of anilines is 1. The number of hydrogen-bond acceptors (Lipinski definition) is 2. The van der Waals surface area contributed by atoms with E-state index < -0.39 is 0 Å². The largest absolute Gasteiger partial charge is 0.399 e. The van der Waals surface area contributed by atoms with Crippen LogP contribution >= 0.6 is 0 Å². The van der Waals surface area contributed by atoms with Gasteiger partial charge in [-0.25, -0.2) is 9.37 Å². The van der Waals surface area contributed by atoms with Crippen molar-refractivity contribution in [2.75, 3.05) is 5.73 Å². The van der Waals surface area contributed by atoms with E-state index in [0.29, 0.717) is 17.1 Å². The smallest absolute Gasteiger partial charge is 0.140 e. The second-order valence-corrected chi connectivity index (χ2v) is 2.68. The zero-order valence-electron chi connectivity index (χ0n) is 6.79. The highest BCUT2D eigenvalue weighted by molar-refractivity contribution is 5.61. The summed E-state index contributed by atoms with van der Waals surface area (Å²) in [5.74, 6) is 0.161. The van der Waals surface area contributed by atoms with Gasteiger partial charge >= 0.3 is 0 Å². The highest BCUT2D eigenvalue weighted by Crippen LogP contribution is 2.21. The van der Waals surface area contributed by atoms with Crippen LogP contribution in [0.5, 0.6) is 0 Å². The maximum atomic E-state index is 13.2. The van der Waals surface area contributed by atoms with Crippen LogP contribution in [0.2, 0.25) is 0 Å². The van der Waals surface area contributed by atoms with Crippen molar-refractivity contribution in [2.45, 2.75) is 0 Å². The Bertz CT molecular complexity index is 409. The molecule has 0 aliphatic rings. The molecule has 0 aliphatic carbocycles. The molecule has 4 heteroatoms. The molecule has 2 aromatic rings.